The van der Waals surface area contributed by atoms with Crippen LogP contribution in [0.3, 0.4) is 0 Å². The Bertz CT molecular complexity index is 303. The highest BCUT2D eigenvalue weighted by Crippen LogP contribution is 2.22. The average molecular weight is 221 g/mol. The molecular weight excluding hydrogens is 198 g/mol. The summed E-state index contributed by atoms with van der Waals surface area (Å²) in [5.41, 5.74) is 6.98. The molecule has 0 aliphatic rings. The van der Waals surface area contributed by atoms with Crippen LogP contribution in [-0.2, 0) is 0 Å². The van der Waals surface area contributed by atoms with Gasteiger partial charge in [0.25, 0.3) is 0 Å². The monoisotopic (exact) mass is 221 g/mol. The summed E-state index contributed by atoms with van der Waals surface area (Å²) in [6.45, 7) is 8.25. The molecule has 0 fully saturated rings. The standard InChI is InChI=1S/C13H23N3/c1-11-5-6-12(15-9-11)16-10-13(2,3)7-4-8-14/h5-6,9H,4,7-8,10,14H2,1-3H3,(H,15,16). The molecule has 16 heavy (non-hydrogen) atoms. The molecule has 0 bridgehead atoms. The number of aryl methyl sites for hydroxylation is 1. The Balaban J connectivity index is 2.41. The zero-order valence-corrected chi connectivity index (χ0v) is 10.6. The van der Waals surface area contributed by atoms with E-state index in [1.54, 1.807) is 0 Å². The van der Waals surface area contributed by atoms with Crippen LogP contribution < -0.4 is 11.1 Å². The lowest BCUT2D eigenvalue weighted by atomic mass is 9.88. The third-order valence-electron chi connectivity index (χ3n) is 2.72. The fraction of sp³-hybridized carbons (Fsp3) is 0.615. The predicted octanol–water partition coefficient (Wildman–Crippen LogP) is 2.57. The van der Waals surface area contributed by atoms with Crippen molar-refractivity contribution in [3.63, 3.8) is 0 Å². The predicted molar refractivity (Wildman–Crippen MR) is 69.5 cm³/mol. The molecule has 3 heteroatoms. The molecule has 3 nitrogen and oxygen atoms in total. The summed E-state index contributed by atoms with van der Waals surface area (Å²) in [5, 5.41) is 3.37. The number of nitrogens with zero attached hydrogens (tertiary/aromatic N) is 1. The van der Waals surface area contributed by atoms with Gasteiger partial charge in [0.15, 0.2) is 0 Å². The largest absolute Gasteiger partial charge is 0.370 e. The summed E-state index contributed by atoms with van der Waals surface area (Å²) in [7, 11) is 0. The highest BCUT2D eigenvalue weighted by molar-refractivity contribution is 5.35. The number of pyridine rings is 1. The lowest BCUT2D eigenvalue weighted by molar-refractivity contribution is 0.350. The van der Waals surface area contributed by atoms with Crippen LogP contribution in [0.5, 0.6) is 0 Å². The van der Waals surface area contributed by atoms with Gasteiger partial charge in [0.1, 0.15) is 5.82 Å². The van der Waals surface area contributed by atoms with Crippen LogP contribution in [0, 0.1) is 12.3 Å². The van der Waals surface area contributed by atoms with Gasteiger partial charge in [0.2, 0.25) is 0 Å². The zero-order chi connectivity index (χ0) is 12.0. The molecule has 0 saturated heterocycles. The van der Waals surface area contributed by atoms with E-state index in [-0.39, 0.29) is 5.41 Å². The summed E-state index contributed by atoms with van der Waals surface area (Å²) in [6.07, 6.45) is 4.10. The van der Waals surface area contributed by atoms with Crippen molar-refractivity contribution in [2.45, 2.75) is 33.6 Å². The molecule has 0 aromatic carbocycles. The second-order valence-corrected chi connectivity index (χ2v) is 5.13. The van der Waals surface area contributed by atoms with Gasteiger partial charge in [-0.25, -0.2) is 4.98 Å². The van der Waals surface area contributed by atoms with E-state index in [0.29, 0.717) is 0 Å². The Morgan fingerprint density at radius 1 is 1.38 bits per heavy atom. The topological polar surface area (TPSA) is 50.9 Å². The molecule has 0 atom stereocenters. The van der Waals surface area contributed by atoms with Crippen molar-refractivity contribution in [2.24, 2.45) is 11.1 Å². The van der Waals surface area contributed by atoms with Crippen molar-refractivity contribution in [3.05, 3.63) is 23.9 Å². The third-order valence-corrected chi connectivity index (χ3v) is 2.72. The summed E-state index contributed by atoms with van der Waals surface area (Å²) in [4.78, 5) is 4.33. The van der Waals surface area contributed by atoms with E-state index in [4.69, 9.17) is 5.73 Å². The van der Waals surface area contributed by atoms with Crippen LogP contribution in [-0.4, -0.2) is 18.1 Å². The summed E-state index contributed by atoms with van der Waals surface area (Å²) < 4.78 is 0. The number of aromatic nitrogens is 1. The smallest absolute Gasteiger partial charge is 0.125 e. The Morgan fingerprint density at radius 2 is 2.12 bits per heavy atom. The molecule has 3 N–H and O–H groups in total. The van der Waals surface area contributed by atoms with E-state index >= 15 is 0 Å². The van der Waals surface area contributed by atoms with Crippen LogP contribution >= 0.6 is 0 Å². The Kier molecular flexibility index (Phi) is 4.74. The maximum atomic E-state index is 5.53. The summed E-state index contributed by atoms with van der Waals surface area (Å²) in [5.74, 6) is 0.950. The van der Waals surface area contributed by atoms with Crippen molar-refractivity contribution in [2.75, 3.05) is 18.4 Å². The number of nitrogens with one attached hydrogen (secondary N) is 1. The molecule has 1 heterocycles. The van der Waals surface area contributed by atoms with Crippen molar-refractivity contribution >= 4 is 5.82 Å². The number of rotatable bonds is 6. The minimum absolute atomic E-state index is 0.270. The van der Waals surface area contributed by atoms with Gasteiger partial charge >= 0.3 is 0 Å². The van der Waals surface area contributed by atoms with Gasteiger partial charge in [-0.2, -0.15) is 0 Å². The maximum absolute atomic E-state index is 5.53. The van der Waals surface area contributed by atoms with Gasteiger partial charge in [-0.15, -0.1) is 0 Å². The number of hydrogen-bond donors (Lipinski definition) is 2. The van der Waals surface area contributed by atoms with E-state index < -0.39 is 0 Å². The third kappa shape index (κ3) is 4.62. The molecule has 0 saturated carbocycles. The van der Waals surface area contributed by atoms with Crippen molar-refractivity contribution in [1.82, 2.24) is 4.98 Å². The Hall–Kier alpha value is -1.09. The van der Waals surface area contributed by atoms with E-state index in [2.05, 4.69) is 30.2 Å². The van der Waals surface area contributed by atoms with E-state index in [1.807, 2.05) is 19.2 Å². The minimum atomic E-state index is 0.270. The first kappa shape index (κ1) is 13.0. The quantitative estimate of drug-likeness (QED) is 0.776. The van der Waals surface area contributed by atoms with Gasteiger partial charge in [0.05, 0.1) is 0 Å². The first-order valence-electron chi connectivity index (χ1n) is 5.90. The van der Waals surface area contributed by atoms with Crippen LogP contribution in [0.4, 0.5) is 5.82 Å². The lowest BCUT2D eigenvalue weighted by Gasteiger charge is -2.25. The Morgan fingerprint density at radius 3 is 2.69 bits per heavy atom. The summed E-state index contributed by atoms with van der Waals surface area (Å²) >= 11 is 0. The zero-order valence-electron chi connectivity index (χ0n) is 10.6. The fourth-order valence-electron chi connectivity index (χ4n) is 1.57. The number of hydrogen-bond acceptors (Lipinski definition) is 3. The first-order chi connectivity index (χ1) is 7.53. The highest BCUT2D eigenvalue weighted by Gasteiger charge is 2.16. The number of anilines is 1. The summed E-state index contributed by atoms with van der Waals surface area (Å²) in [6, 6.07) is 4.09. The average Bonchev–Trinajstić information content (AvgIpc) is 2.26. The van der Waals surface area contributed by atoms with E-state index in [1.165, 1.54) is 5.56 Å². The first-order valence-corrected chi connectivity index (χ1v) is 5.90. The van der Waals surface area contributed by atoms with E-state index in [9.17, 15) is 0 Å². The van der Waals surface area contributed by atoms with Gasteiger partial charge in [-0.1, -0.05) is 19.9 Å². The van der Waals surface area contributed by atoms with Crippen LogP contribution in [0.25, 0.3) is 0 Å². The second kappa shape index (κ2) is 5.85. The molecule has 0 spiro atoms. The molecule has 0 aliphatic heterocycles. The van der Waals surface area contributed by atoms with Crippen LogP contribution in [0.1, 0.15) is 32.3 Å². The molecule has 1 rings (SSSR count). The molecule has 0 amide bonds. The van der Waals surface area contributed by atoms with E-state index in [0.717, 1.165) is 31.7 Å². The van der Waals surface area contributed by atoms with Crippen LogP contribution in [0.15, 0.2) is 18.3 Å². The molecule has 0 unspecified atom stereocenters. The highest BCUT2D eigenvalue weighted by atomic mass is 15.0. The second-order valence-electron chi connectivity index (χ2n) is 5.13. The molecular formula is C13H23N3. The lowest BCUT2D eigenvalue weighted by Crippen LogP contribution is -2.24. The van der Waals surface area contributed by atoms with Crippen LogP contribution in [0.2, 0.25) is 0 Å². The molecule has 1 aromatic rings. The SMILES string of the molecule is Cc1ccc(NCC(C)(C)CCCN)nc1. The molecule has 0 radical (unpaired) electrons. The maximum Gasteiger partial charge on any atom is 0.125 e. The van der Waals surface area contributed by atoms with Gasteiger partial charge in [-0.05, 0) is 43.4 Å². The minimum Gasteiger partial charge on any atom is -0.370 e. The van der Waals surface area contributed by atoms with Crippen molar-refractivity contribution in [1.29, 1.82) is 0 Å². The van der Waals surface area contributed by atoms with Gasteiger partial charge in [0, 0.05) is 12.7 Å². The normalized spacial score (nSPS) is 11.5. The molecule has 0 aliphatic carbocycles. The Labute approximate surface area is 98.5 Å². The molecule has 1 aromatic heterocycles. The van der Waals surface area contributed by atoms with Gasteiger partial charge < -0.3 is 11.1 Å². The van der Waals surface area contributed by atoms with Gasteiger partial charge in [-0.3, -0.25) is 0 Å². The van der Waals surface area contributed by atoms with Crippen molar-refractivity contribution < 1.29 is 0 Å². The number of nitrogens with two attached hydrogens (primary N) is 1. The van der Waals surface area contributed by atoms with Crippen molar-refractivity contribution in [3.8, 4) is 0 Å². The molecule has 90 valence electrons. The fourth-order valence-corrected chi connectivity index (χ4v) is 1.57.